The first kappa shape index (κ1) is 9.03. The minimum absolute atomic E-state index is 0.109. The maximum Gasteiger partial charge on any atom is 0.138 e. The van der Waals surface area contributed by atoms with E-state index < -0.39 is 0 Å². The first-order valence-corrected chi connectivity index (χ1v) is 5.98. The molecule has 2 rings (SSSR count). The summed E-state index contributed by atoms with van der Waals surface area (Å²) in [4.78, 5) is 1.96. The topological polar surface area (TPSA) is 0 Å². The van der Waals surface area contributed by atoms with E-state index in [1.165, 1.54) is 16.6 Å². The standard InChI is InChI=1S/C10H9FS2/c1-6-3-7-4-10(12-2)8(11)5-9(7)13-6/h3-5H,1-2H3. The fourth-order valence-electron chi connectivity index (χ4n) is 1.33. The molecular formula is C10H9FS2. The third kappa shape index (κ3) is 1.58. The molecule has 0 saturated carbocycles. The van der Waals surface area contributed by atoms with Crippen molar-refractivity contribution < 1.29 is 4.39 Å². The van der Waals surface area contributed by atoms with Crippen LogP contribution in [0.2, 0.25) is 0 Å². The van der Waals surface area contributed by atoms with Gasteiger partial charge in [0.25, 0.3) is 0 Å². The minimum atomic E-state index is -0.109. The van der Waals surface area contributed by atoms with Crippen LogP contribution in [0.25, 0.3) is 10.1 Å². The summed E-state index contributed by atoms with van der Waals surface area (Å²) in [5, 5.41) is 1.15. The number of fused-ring (bicyclic) bond motifs is 1. The number of aryl methyl sites for hydroxylation is 1. The molecule has 0 nitrogen and oxygen atoms in total. The van der Waals surface area contributed by atoms with E-state index in [1.807, 2.05) is 19.2 Å². The number of thioether (sulfide) groups is 1. The van der Waals surface area contributed by atoms with Gasteiger partial charge in [-0.3, -0.25) is 0 Å². The number of benzene rings is 1. The lowest BCUT2D eigenvalue weighted by atomic mass is 10.2. The summed E-state index contributed by atoms with van der Waals surface area (Å²) in [6, 6.07) is 5.64. The van der Waals surface area contributed by atoms with Gasteiger partial charge in [-0.05, 0) is 36.8 Å². The molecule has 2 aromatic rings. The fraction of sp³-hybridized carbons (Fsp3) is 0.200. The van der Waals surface area contributed by atoms with Crippen LogP contribution in [0.4, 0.5) is 4.39 Å². The SMILES string of the molecule is CSc1cc2cc(C)sc2cc1F. The van der Waals surface area contributed by atoms with E-state index in [-0.39, 0.29) is 5.82 Å². The summed E-state index contributed by atoms with van der Waals surface area (Å²) in [7, 11) is 0. The van der Waals surface area contributed by atoms with Gasteiger partial charge in [0, 0.05) is 14.5 Å². The minimum Gasteiger partial charge on any atom is -0.206 e. The van der Waals surface area contributed by atoms with Gasteiger partial charge in [0.2, 0.25) is 0 Å². The molecule has 0 aliphatic heterocycles. The average Bonchev–Trinajstić information content (AvgIpc) is 2.42. The van der Waals surface area contributed by atoms with Crippen LogP contribution in [0, 0.1) is 12.7 Å². The molecule has 1 aromatic heterocycles. The summed E-state index contributed by atoms with van der Waals surface area (Å²) in [6.07, 6.45) is 1.89. The summed E-state index contributed by atoms with van der Waals surface area (Å²) in [6.45, 7) is 2.04. The zero-order valence-corrected chi connectivity index (χ0v) is 9.06. The van der Waals surface area contributed by atoms with E-state index in [0.29, 0.717) is 0 Å². The average molecular weight is 212 g/mol. The highest BCUT2D eigenvalue weighted by molar-refractivity contribution is 7.98. The lowest BCUT2D eigenvalue weighted by Crippen LogP contribution is -1.77. The molecule has 1 heterocycles. The molecule has 0 radical (unpaired) electrons. The fourth-order valence-corrected chi connectivity index (χ4v) is 2.76. The first-order chi connectivity index (χ1) is 6.20. The van der Waals surface area contributed by atoms with Crippen molar-refractivity contribution in [3.63, 3.8) is 0 Å². The third-order valence-corrected chi connectivity index (χ3v) is 3.68. The molecule has 0 bridgehead atoms. The Morgan fingerprint density at radius 2 is 2.08 bits per heavy atom. The molecule has 68 valence electrons. The molecule has 1 aromatic carbocycles. The van der Waals surface area contributed by atoms with Gasteiger partial charge in [-0.15, -0.1) is 23.1 Å². The van der Waals surface area contributed by atoms with Crippen LogP contribution in [0.1, 0.15) is 4.88 Å². The van der Waals surface area contributed by atoms with Crippen molar-refractivity contribution in [2.75, 3.05) is 6.26 Å². The van der Waals surface area contributed by atoms with Crippen LogP contribution < -0.4 is 0 Å². The summed E-state index contributed by atoms with van der Waals surface area (Å²) < 4.78 is 14.3. The number of hydrogen-bond acceptors (Lipinski definition) is 2. The largest absolute Gasteiger partial charge is 0.206 e. The van der Waals surface area contributed by atoms with Gasteiger partial charge in [-0.2, -0.15) is 0 Å². The van der Waals surface area contributed by atoms with Crippen molar-refractivity contribution in [1.29, 1.82) is 0 Å². The monoisotopic (exact) mass is 212 g/mol. The smallest absolute Gasteiger partial charge is 0.138 e. The van der Waals surface area contributed by atoms with E-state index in [0.717, 1.165) is 15.0 Å². The predicted octanol–water partition coefficient (Wildman–Crippen LogP) is 4.07. The molecule has 0 N–H and O–H groups in total. The van der Waals surface area contributed by atoms with Gasteiger partial charge < -0.3 is 0 Å². The van der Waals surface area contributed by atoms with Crippen molar-refractivity contribution in [1.82, 2.24) is 0 Å². The van der Waals surface area contributed by atoms with Crippen LogP contribution in [-0.2, 0) is 0 Å². The van der Waals surface area contributed by atoms with E-state index in [4.69, 9.17) is 0 Å². The quantitative estimate of drug-likeness (QED) is 0.642. The Balaban J connectivity index is 2.72. The maximum atomic E-state index is 13.3. The van der Waals surface area contributed by atoms with Crippen LogP contribution >= 0.6 is 23.1 Å². The second kappa shape index (κ2) is 3.31. The number of hydrogen-bond donors (Lipinski definition) is 0. The number of thiophene rings is 1. The van der Waals surface area contributed by atoms with Crippen LogP contribution in [0.15, 0.2) is 23.1 Å². The summed E-state index contributed by atoms with van der Waals surface area (Å²) >= 11 is 3.09. The van der Waals surface area contributed by atoms with Gasteiger partial charge in [0.15, 0.2) is 0 Å². The van der Waals surface area contributed by atoms with Crippen molar-refractivity contribution in [3.05, 3.63) is 28.9 Å². The highest BCUT2D eigenvalue weighted by Gasteiger charge is 2.05. The van der Waals surface area contributed by atoms with Gasteiger partial charge in [0.05, 0.1) is 0 Å². The molecule has 3 heteroatoms. The molecule has 0 spiro atoms. The summed E-state index contributed by atoms with van der Waals surface area (Å²) in [5.74, 6) is -0.109. The molecule has 0 aliphatic rings. The van der Waals surface area contributed by atoms with Crippen LogP contribution in [-0.4, -0.2) is 6.26 Å². The maximum absolute atomic E-state index is 13.3. The molecule has 13 heavy (non-hydrogen) atoms. The van der Waals surface area contributed by atoms with Crippen LogP contribution in [0.5, 0.6) is 0 Å². The lowest BCUT2D eigenvalue weighted by molar-refractivity contribution is 0.605. The number of halogens is 1. The van der Waals surface area contributed by atoms with Gasteiger partial charge in [0.1, 0.15) is 5.82 Å². The summed E-state index contributed by atoms with van der Waals surface area (Å²) in [5.41, 5.74) is 0. The van der Waals surface area contributed by atoms with E-state index in [2.05, 4.69) is 6.07 Å². The van der Waals surface area contributed by atoms with E-state index in [1.54, 1.807) is 17.4 Å². The van der Waals surface area contributed by atoms with Crippen molar-refractivity contribution >= 4 is 33.2 Å². The van der Waals surface area contributed by atoms with Crippen molar-refractivity contribution in [2.45, 2.75) is 11.8 Å². The Hall–Kier alpha value is -0.540. The lowest BCUT2D eigenvalue weighted by Gasteiger charge is -1.97. The number of rotatable bonds is 1. The Kier molecular flexibility index (Phi) is 2.30. The Bertz CT molecular complexity index is 445. The zero-order chi connectivity index (χ0) is 9.42. The molecule has 0 aliphatic carbocycles. The van der Waals surface area contributed by atoms with E-state index in [9.17, 15) is 4.39 Å². The predicted molar refractivity (Wildman–Crippen MR) is 58.3 cm³/mol. The highest BCUT2D eigenvalue weighted by atomic mass is 32.2. The third-order valence-electron chi connectivity index (χ3n) is 1.91. The molecular weight excluding hydrogens is 203 g/mol. The molecule has 0 atom stereocenters. The zero-order valence-electron chi connectivity index (χ0n) is 7.43. The Morgan fingerprint density at radius 3 is 2.77 bits per heavy atom. The van der Waals surface area contributed by atoms with E-state index >= 15 is 0 Å². The Labute approximate surface area is 84.8 Å². The molecule has 0 fully saturated rings. The normalized spacial score (nSPS) is 11.0. The van der Waals surface area contributed by atoms with Gasteiger partial charge >= 0.3 is 0 Å². The molecule has 0 saturated heterocycles. The van der Waals surface area contributed by atoms with Gasteiger partial charge in [-0.25, -0.2) is 4.39 Å². The highest BCUT2D eigenvalue weighted by Crippen LogP contribution is 2.30. The Morgan fingerprint density at radius 1 is 1.31 bits per heavy atom. The van der Waals surface area contributed by atoms with Gasteiger partial charge in [-0.1, -0.05) is 0 Å². The molecule has 0 amide bonds. The molecule has 0 unspecified atom stereocenters. The second-order valence-corrected chi connectivity index (χ2v) is 5.02. The second-order valence-electron chi connectivity index (χ2n) is 2.88. The first-order valence-electron chi connectivity index (χ1n) is 3.94. The van der Waals surface area contributed by atoms with Crippen molar-refractivity contribution in [3.8, 4) is 0 Å². The van der Waals surface area contributed by atoms with Crippen molar-refractivity contribution in [2.24, 2.45) is 0 Å². The van der Waals surface area contributed by atoms with Crippen LogP contribution in [0.3, 0.4) is 0 Å².